The van der Waals surface area contributed by atoms with Gasteiger partial charge in [0.15, 0.2) is 5.65 Å². The molecule has 8 heteroatoms. The Morgan fingerprint density at radius 3 is 2.59 bits per heavy atom. The quantitative estimate of drug-likeness (QED) is 0.534. The van der Waals surface area contributed by atoms with Gasteiger partial charge in [-0.05, 0) is 44.0 Å². The molecule has 0 amide bonds. The van der Waals surface area contributed by atoms with Crippen LogP contribution in [-0.4, -0.2) is 51.2 Å². The number of aromatic amines is 1. The number of nitrogens with one attached hydrogen (secondary N) is 1. The Bertz CT molecular complexity index is 1310. The van der Waals surface area contributed by atoms with Gasteiger partial charge in [-0.15, -0.1) is 0 Å². The van der Waals surface area contributed by atoms with E-state index in [0.29, 0.717) is 6.61 Å². The summed E-state index contributed by atoms with van der Waals surface area (Å²) >= 11 is 0. The van der Waals surface area contributed by atoms with Crippen molar-refractivity contribution in [3.05, 3.63) is 53.7 Å². The molecule has 5 heterocycles. The number of hydrogen-bond donors (Lipinski definition) is 1. The second kappa shape index (κ2) is 7.47. The van der Waals surface area contributed by atoms with Crippen LogP contribution < -0.4 is 14.5 Å². The topological polar surface area (TPSA) is 83.1 Å². The smallest absolute Gasteiger partial charge is 0.177 e. The SMILES string of the molecule is Cc1nc2ncc(-c3ccc4c(c3)CN(c3ncnc(N5CCC5)c3C)CCO4)cc2[nH]1. The highest BCUT2D eigenvalue weighted by molar-refractivity contribution is 5.78. The van der Waals surface area contributed by atoms with Crippen LogP contribution in [-0.2, 0) is 6.54 Å². The third kappa shape index (κ3) is 3.23. The van der Waals surface area contributed by atoms with Crippen LogP contribution in [0.15, 0.2) is 36.8 Å². The van der Waals surface area contributed by atoms with E-state index in [1.54, 1.807) is 6.33 Å². The number of anilines is 2. The molecular weight excluding hydrogens is 402 g/mol. The largest absolute Gasteiger partial charge is 0.491 e. The van der Waals surface area contributed by atoms with Gasteiger partial charge >= 0.3 is 0 Å². The first-order valence-electron chi connectivity index (χ1n) is 11.1. The molecule has 0 bridgehead atoms. The summed E-state index contributed by atoms with van der Waals surface area (Å²) in [5.74, 6) is 3.83. The van der Waals surface area contributed by atoms with Crippen molar-refractivity contribution in [2.45, 2.75) is 26.8 Å². The molecule has 1 aromatic carbocycles. The summed E-state index contributed by atoms with van der Waals surface area (Å²) in [7, 11) is 0. The molecule has 1 saturated heterocycles. The van der Waals surface area contributed by atoms with Gasteiger partial charge in [0.2, 0.25) is 0 Å². The van der Waals surface area contributed by atoms with Crippen LogP contribution >= 0.6 is 0 Å². The maximum atomic E-state index is 6.09. The van der Waals surface area contributed by atoms with E-state index in [4.69, 9.17) is 4.74 Å². The third-order valence-corrected chi connectivity index (χ3v) is 6.32. The molecule has 0 radical (unpaired) electrons. The van der Waals surface area contributed by atoms with E-state index in [1.807, 2.05) is 13.1 Å². The third-order valence-electron chi connectivity index (χ3n) is 6.32. The van der Waals surface area contributed by atoms with Gasteiger partial charge in [0, 0.05) is 42.5 Å². The van der Waals surface area contributed by atoms with Crippen molar-refractivity contribution >= 4 is 22.8 Å². The Labute approximate surface area is 186 Å². The number of imidazole rings is 1. The molecule has 3 aromatic heterocycles. The predicted octanol–water partition coefficient (Wildman–Crippen LogP) is 3.64. The molecule has 162 valence electrons. The molecule has 1 fully saturated rings. The lowest BCUT2D eigenvalue weighted by molar-refractivity contribution is 0.331. The zero-order valence-corrected chi connectivity index (χ0v) is 18.3. The van der Waals surface area contributed by atoms with Crippen molar-refractivity contribution in [1.82, 2.24) is 24.9 Å². The number of aryl methyl sites for hydroxylation is 1. The summed E-state index contributed by atoms with van der Waals surface area (Å²) in [4.78, 5) is 26.0. The van der Waals surface area contributed by atoms with Gasteiger partial charge < -0.3 is 19.5 Å². The molecule has 1 N–H and O–H groups in total. The van der Waals surface area contributed by atoms with Crippen molar-refractivity contribution in [3.8, 4) is 16.9 Å². The summed E-state index contributed by atoms with van der Waals surface area (Å²) in [6.07, 6.45) is 4.80. The van der Waals surface area contributed by atoms with Gasteiger partial charge in [0.1, 0.15) is 36.1 Å². The number of aromatic nitrogens is 5. The first-order valence-corrected chi connectivity index (χ1v) is 11.1. The van der Waals surface area contributed by atoms with E-state index in [2.05, 4.69) is 65.9 Å². The molecule has 2 aliphatic rings. The molecule has 0 aliphatic carbocycles. The van der Waals surface area contributed by atoms with Gasteiger partial charge in [-0.3, -0.25) is 0 Å². The van der Waals surface area contributed by atoms with Gasteiger partial charge in [-0.1, -0.05) is 6.07 Å². The number of H-pyrrole nitrogens is 1. The normalized spacial score (nSPS) is 15.8. The first-order chi connectivity index (χ1) is 15.7. The summed E-state index contributed by atoms with van der Waals surface area (Å²) in [5.41, 5.74) is 6.13. The molecule has 8 nitrogen and oxygen atoms in total. The highest BCUT2D eigenvalue weighted by Gasteiger charge is 2.24. The molecule has 6 rings (SSSR count). The number of hydrogen-bond acceptors (Lipinski definition) is 7. The second-order valence-corrected chi connectivity index (χ2v) is 8.50. The molecule has 0 spiro atoms. The van der Waals surface area contributed by atoms with Crippen LogP contribution in [0.4, 0.5) is 11.6 Å². The fraction of sp³-hybridized carbons (Fsp3) is 0.333. The summed E-state index contributed by atoms with van der Waals surface area (Å²) in [6, 6.07) is 8.47. The van der Waals surface area contributed by atoms with Crippen molar-refractivity contribution in [2.24, 2.45) is 0 Å². The first kappa shape index (κ1) is 19.0. The average Bonchev–Trinajstić information content (AvgIpc) is 3.00. The number of benzene rings is 1. The zero-order valence-electron chi connectivity index (χ0n) is 18.3. The minimum absolute atomic E-state index is 0.621. The Hall–Kier alpha value is -3.68. The Kier molecular flexibility index (Phi) is 4.45. The van der Waals surface area contributed by atoms with Crippen LogP contribution in [0.3, 0.4) is 0 Å². The van der Waals surface area contributed by atoms with Crippen LogP contribution in [0.25, 0.3) is 22.3 Å². The van der Waals surface area contributed by atoms with E-state index in [1.165, 1.54) is 6.42 Å². The minimum Gasteiger partial charge on any atom is -0.491 e. The molecular formula is C24H25N7O. The van der Waals surface area contributed by atoms with Crippen molar-refractivity contribution in [1.29, 1.82) is 0 Å². The van der Waals surface area contributed by atoms with Gasteiger partial charge in [0.25, 0.3) is 0 Å². The summed E-state index contributed by atoms with van der Waals surface area (Å²) in [5, 5.41) is 0. The fourth-order valence-electron chi connectivity index (χ4n) is 4.53. The lowest BCUT2D eigenvalue weighted by Crippen LogP contribution is -2.38. The standard InChI is InChI=1S/C24H25N7O/c1-15-23(30-6-3-7-30)26-14-27-24(15)31-8-9-32-21-5-4-17(10-19(21)13-31)18-11-20-22(25-12-18)29-16(2)28-20/h4-5,10-12,14H,3,6-9,13H2,1-2H3,(H,25,28,29). The highest BCUT2D eigenvalue weighted by Crippen LogP contribution is 2.33. The molecule has 0 saturated carbocycles. The van der Waals surface area contributed by atoms with Crippen molar-refractivity contribution in [2.75, 3.05) is 36.0 Å². The van der Waals surface area contributed by atoms with Gasteiger partial charge in [-0.25, -0.2) is 19.9 Å². The maximum absolute atomic E-state index is 6.09. The number of fused-ring (bicyclic) bond motifs is 2. The Morgan fingerprint density at radius 2 is 1.78 bits per heavy atom. The van der Waals surface area contributed by atoms with Crippen LogP contribution in [0.1, 0.15) is 23.4 Å². The Morgan fingerprint density at radius 1 is 0.938 bits per heavy atom. The van der Waals surface area contributed by atoms with Crippen LogP contribution in [0.2, 0.25) is 0 Å². The van der Waals surface area contributed by atoms with Gasteiger partial charge in [0.05, 0.1) is 12.1 Å². The van der Waals surface area contributed by atoms with E-state index in [-0.39, 0.29) is 0 Å². The van der Waals surface area contributed by atoms with E-state index in [9.17, 15) is 0 Å². The number of ether oxygens (including phenoxy) is 1. The van der Waals surface area contributed by atoms with Crippen LogP contribution in [0.5, 0.6) is 5.75 Å². The minimum atomic E-state index is 0.621. The average molecular weight is 428 g/mol. The summed E-state index contributed by atoms with van der Waals surface area (Å²) < 4.78 is 6.09. The summed E-state index contributed by atoms with van der Waals surface area (Å²) in [6.45, 7) is 8.34. The lowest BCUT2D eigenvalue weighted by Gasteiger charge is -2.34. The number of pyridine rings is 1. The number of nitrogens with zero attached hydrogens (tertiary/aromatic N) is 6. The van der Waals surface area contributed by atoms with Crippen molar-refractivity contribution < 1.29 is 4.74 Å². The second-order valence-electron chi connectivity index (χ2n) is 8.50. The fourth-order valence-corrected chi connectivity index (χ4v) is 4.53. The maximum Gasteiger partial charge on any atom is 0.177 e. The van der Waals surface area contributed by atoms with E-state index < -0.39 is 0 Å². The predicted molar refractivity (Wildman–Crippen MR) is 124 cm³/mol. The number of rotatable bonds is 3. The molecule has 0 unspecified atom stereocenters. The Balaban J connectivity index is 1.34. The van der Waals surface area contributed by atoms with Crippen molar-refractivity contribution in [3.63, 3.8) is 0 Å². The lowest BCUT2D eigenvalue weighted by atomic mass is 10.0. The van der Waals surface area contributed by atoms with E-state index in [0.717, 1.165) is 82.8 Å². The monoisotopic (exact) mass is 427 g/mol. The van der Waals surface area contributed by atoms with Crippen LogP contribution in [0, 0.1) is 13.8 Å². The van der Waals surface area contributed by atoms with Gasteiger partial charge in [-0.2, -0.15) is 0 Å². The molecule has 0 atom stereocenters. The zero-order chi connectivity index (χ0) is 21.7. The molecule has 2 aliphatic heterocycles. The van der Waals surface area contributed by atoms with E-state index >= 15 is 0 Å². The highest BCUT2D eigenvalue weighted by atomic mass is 16.5. The molecule has 4 aromatic rings. The molecule has 32 heavy (non-hydrogen) atoms.